The van der Waals surface area contributed by atoms with E-state index in [1.807, 2.05) is 30.2 Å². The number of hydrogen-bond donors (Lipinski definition) is 0. The highest BCUT2D eigenvalue weighted by Crippen LogP contribution is 2.23. The van der Waals surface area contributed by atoms with E-state index in [0.29, 0.717) is 49.6 Å². The van der Waals surface area contributed by atoms with Crippen molar-refractivity contribution in [3.8, 4) is 11.1 Å². The molecule has 1 aliphatic rings. The first-order chi connectivity index (χ1) is 15.5. The van der Waals surface area contributed by atoms with Gasteiger partial charge in [-0.15, -0.1) is 0 Å². The van der Waals surface area contributed by atoms with Gasteiger partial charge < -0.3 is 14.3 Å². The van der Waals surface area contributed by atoms with Gasteiger partial charge in [0.25, 0.3) is 5.91 Å². The molecule has 2 amide bonds. The van der Waals surface area contributed by atoms with Crippen LogP contribution in [0.2, 0.25) is 0 Å². The molecule has 166 valence electrons. The summed E-state index contributed by atoms with van der Waals surface area (Å²) in [5.41, 5.74) is 4.29. The summed E-state index contributed by atoms with van der Waals surface area (Å²) in [5, 5.41) is 3.92. The molecule has 0 saturated carbocycles. The first-order valence-corrected chi connectivity index (χ1v) is 11.0. The minimum atomic E-state index is -0.300. The van der Waals surface area contributed by atoms with E-state index < -0.39 is 0 Å². The third kappa shape index (κ3) is 4.42. The third-order valence-corrected chi connectivity index (χ3v) is 6.09. The van der Waals surface area contributed by atoms with E-state index in [4.69, 9.17) is 4.52 Å². The van der Waals surface area contributed by atoms with E-state index in [1.165, 1.54) is 0 Å². The molecule has 0 aliphatic carbocycles. The van der Waals surface area contributed by atoms with Crippen molar-refractivity contribution in [1.82, 2.24) is 19.9 Å². The van der Waals surface area contributed by atoms with Crippen molar-refractivity contribution < 1.29 is 14.1 Å². The summed E-state index contributed by atoms with van der Waals surface area (Å²) in [6, 6.07) is 12.1. The summed E-state index contributed by atoms with van der Waals surface area (Å²) in [7, 11) is 0. The minimum Gasteiger partial charge on any atom is -0.361 e. The van der Waals surface area contributed by atoms with E-state index in [9.17, 15) is 9.59 Å². The molecule has 0 N–H and O–H groups in total. The summed E-state index contributed by atoms with van der Waals surface area (Å²) in [6.07, 6.45) is 4.17. The van der Waals surface area contributed by atoms with Crippen LogP contribution < -0.4 is 0 Å². The predicted molar refractivity (Wildman–Crippen MR) is 121 cm³/mol. The van der Waals surface area contributed by atoms with Crippen LogP contribution in [-0.2, 0) is 11.2 Å². The summed E-state index contributed by atoms with van der Waals surface area (Å²) < 4.78 is 5.19. The fourth-order valence-corrected chi connectivity index (χ4v) is 4.29. The molecule has 0 bridgehead atoms. The number of carbonyl (C=O) groups is 2. The lowest BCUT2D eigenvalue weighted by atomic mass is 9.95. The summed E-state index contributed by atoms with van der Waals surface area (Å²) in [5.74, 6) is 0.186. The normalized spacial score (nSPS) is 16.8. The Morgan fingerprint density at radius 2 is 1.91 bits per heavy atom. The van der Waals surface area contributed by atoms with Gasteiger partial charge in [-0.05, 0) is 49.9 Å². The van der Waals surface area contributed by atoms with E-state index in [2.05, 4.69) is 34.4 Å². The Hall–Kier alpha value is -3.48. The Morgan fingerprint density at radius 1 is 1.12 bits per heavy atom. The zero-order valence-corrected chi connectivity index (χ0v) is 18.7. The first-order valence-electron chi connectivity index (χ1n) is 11.0. The van der Waals surface area contributed by atoms with Gasteiger partial charge >= 0.3 is 0 Å². The maximum Gasteiger partial charge on any atom is 0.259 e. The zero-order valence-electron chi connectivity index (χ0n) is 18.7. The molecule has 1 aromatic carbocycles. The molecule has 0 unspecified atom stereocenters. The molecule has 4 rings (SSSR count). The van der Waals surface area contributed by atoms with Gasteiger partial charge in [-0.2, -0.15) is 0 Å². The van der Waals surface area contributed by atoms with Crippen LogP contribution in [0.15, 0.2) is 53.3 Å². The fraction of sp³-hybridized carbons (Fsp3) is 0.360. The second-order valence-corrected chi connectivity index (χ2v) is 8.21. The summed E-state index contributed by atoms with van der Waals surface area (Å²) in [6.45, 7) is 7.52. The van der Waals surface area contributed by atoms with Crippen LogP contribution in [0.3, 0.4) is 0 Å². The van der Waals surface area contributed by atoms with Crippen molar-refractivity contribution >= 4 is 11.8 Å². The maximum atomic E-state index is 13.2. The van der Waals surface area contributed by atoms with Crippen molar-refractivity contribution in [3.05, 3.63) is 71.4 Å². The molecule has 1 aliphatic heterocycles. The van der Waals surface area contributed by atoms with Crippen LogP contribution >= 0.6 is 0 Å². The smallest absolute Gasteiger partial charge is 0.259 e. The highest BCUT2D eigenvalue weighted by Gasteiger charge is 2.33. The molecule has 3 aromatic rings. The van der Waals surface area contributed by atoms with Crippen LogP contribution in [0.25, 0.3) is 11.1 Å². The lowest BCUT2D eigenvalue weighted by Crippen LogP contribution is -2.38. The largest absolute Gasteiger partial charge is 0.361 e. The van der Waals surface area contributed by atoms with Crippen molar-refractivity contribution in [2.75, 3.05) is 26.2 Å². The number of aromatic nitrogens is 2. The number of hydrogen-bond acceptors (Lipinski definition) is 5. The molecule has 1 atom stereocenters. The van der Waals surface area contributed by atoms with Crippen LogP contribution in [0.5, 0.6) is 0 Å². The monoisotopic (exact) mass is 432 g/mol. The molecule has 0 spiro atoms. The van der Waals surface area contributed by atoms with Gasteiger partial charge in [-0.1, -0.05) is 35.5 Å². The lowest BCUT2D eigenvalue weighted by molar-refractivity contribution is -0.134. The van der Waals surface area contributed by atoms with Crippen molar-refractivity contribution in [3.63, 3.8) is 0 Å². The van der Waals surface area contributed by atoms with Crippen molar-refractivity contribution in [1.29, 1.82) is 0 Å². The van der Waals surface area contributed by atoms with Crippen LogP contribution in [0, 0.1) is 19.8 Å². The van der Waals surface area contributed by atoms with Crippen LogP contribution in [-0.4, -0.2) is 57.9 Å². The van der Waals surface area contributed by atoms with E-state index in [1.54, 1.807) is 24.9 Å². The average Bonchev–Trinajstić information content (AvgIpc) is 3.07. The Labute approximate surface area is 188 Å². The second-order valence-electron chi connectivity index (χ2n) is 8.21. The Bertz CT molecular complexity index is 1070. The number of nitrogens with zero attached hydrogens (tertiary/aromatic N) is 4. The molecule has 1 saturated heterocycles. The maximum absolute atomic E-state index is 13.2. The Kier molecular flexibility index (Phi) is 6.35. The van der Waals surface area contributed by atoms with Crippen LogP contribution in [0.4, 0.5) is 0 Å². The SMILES string of the molecule is CCN1CCN(C(=O)c2c(C)noc2C)C[C@H](Cc2ccc(-c3cccnc3)cc2)C1=O. The molecule has 1 fully saturated rings. The van der Waals surface area contributed by atoms with Gasteiger partial charge in [0, 0.05) is 38.6 Å². The number of pyridine rings is 1. The molecule has 7 nitrogen and oxygen atoms in total. The third-order valence-electron chi connectivity index (χ3n) is 6.09. The number of rotatable bonds is 5. The number of likely N-dealkylation sites (N-methyl/N-ethyl adjacent to an activating group) is 1. The highest BCUT2D eigenvalue weighted by atomic mass is 16.5. The van der Waals surface area contributed by atoms with E-state index in [-0.39, 0.29) is 17.7 Å². The summed E-state index contributed by atoms with van der Waals surface area (Å²) >= 11 is 0. The molecule has 2 aromatic heterocycles. The quantitative estimate of drug-likeness (QED) is 0.616. The Morgan fingerprint density at radius 3 is 2.53 bits per heavy atom. The van der Waals surface area contributed by atoms with Gasteiger partial charge in [-0.25, -0.2) is 0 Å². The number of benzene rings is 1. The van der Waals surface area contributed by atoms with Crippen molar-refractivity contribution in [2.45, 2.75) is 27.2 Å². The number of amides is 2. The zero-order chi connectivity index (χ0) is 22.7. The lowest BCUT2D eigenvalue weighted by Gasteiger charge is -2.23. The van der Waals surface area contributed by atoms with Gasteiger partial charge in [0.05, 0.1) is 11.6 Å². The second kappa shape index (κ2) is 9.34. The summed E-state index contributed by atoms with van der Waals surface area (Å²) in [4.78, 5) is 34.2. The molecule has 3 heterocycles. The van der Waals surface area contributed by atoms with Crippen LogP contribution in [0.1, 0.15) is 34.3 Å². The highest BCUT2D eigenvalue weighted by molar-refractivity contribution is 5.96. The predicted octanol–water partition coefficient (Wildman–Crippen LogP) is 3.52. The first kappa shape index (κ1) is 21.7. The topological polar surface area (TPSA) is 79.5 Å². The number of aryl methyl sites for hydroxylation is 2. The standard InChI is InChI=1S/C25H28N4O3/c1-4-28-12-13-29(25(31)23-17(2)27-32-18(23)3)16-22(24(28)30)14-19-7-9-20(10-8-19)21-6-5-11-26-15-21/h5-11,15,22H,4,12-14,16H2,1-3H3/t22-/m0/s1. The van der Waals surface area contributed by atoms with Gasteiger partial charge in [-0.3, -0.25) is 14.6 Å². The van der Waals surface area contributed by atoms with Gasteiger partial charge in [0.1, 0.15) is 11.3 Å². The Balaban J connectivity index is 1.55. The van der Waals surface area contributed by atoms with Gasteiger partial charge in [0.2, 0.25) is 5.91 Å². The number of carbonyl (C=O) groups excluding carboxylic acids is 2. The van der Waals surface area contributed by atoms with E-state index >= 15 is 0 Å². The molecule has 0 radical (unpaired) electrons. The van der Waals surface area contributed by atoms with Gasteiger partial charge in [0.15, 0.2) is 0 Å². The average molecular weight is 433 g/mol. The molecular weight excluding hydrogens is 404 g/mol. The molecular formula is C25H28N4O3. The van der Waals surface area contributed by atoms with Crippen molar-refractivity contribution in [2.24, 2.45) is 5.92 Å². The molecule has 32 heavy (non-hydrogen) atoms. The molecule has 7 heteroatoms. The van der Waals surface area contributed by atoms with E-state index in [0.717, 1.165) is 16.7 Å². The fourth-order valence-electron chi connectivity index (χ4n) is 4.29. The minimum absolute atomic E-state index is 0.0953.